The maximum atomic E-state index is 13.4. The van der Waals surface area contributed by atoms with Gasteiger partial charge in [-0.3, -0.25) is 9.97 Å². The molecule has 0 radical (unpaired) electrons. The molecule has 0 aliphatic rings. The Balaban J connectivity index is 1.84. The zero-order valence-corrected chi connectivity index (χ0v) is 15.9. The van der Waals surface area contributed by atoms with Crippen LogP contribution in [0.4, 0.5) is 4.39 Å². The standard InChI is InChI=1S/C21H22ClFN2O/c1-13(2)8-14(3)12-26-21-11-25-20(10-18(21)22)17-6-7-24-19-9-15(23)4-5-16(17)19/h4-7,9-11,13-14H,8,12H2,1-3H3. The third-order valence-electron chi connectivity index (χ3n) is 4.20. The SMILES string of the molecule is CC(C)CC(C)COc1cnc(-c2ccnc3cc(F)ccc23)cc1Cl. The predicted molar refractivity (Wildman–Crippen MR) is 104 cm³/mol. The Labute approximate surface area is 158 Å². The number of nitrogens with zero attached hydrogens (tertiary/aromatic N) is 2. The zero-order valence-electron chi connectivity index (χ0n) is 15.2. The van der Waals surface area contributed by atoms with Gasteiger partial charge in [-0.15, -0.1) is 0 Å². The van der Waals surface area contributed by atoms with E-state index in [0.717, 1.165) is 17.4 Å². The van der Waals surface area contributed by atoms with Crippen LogP contribution in [0.1, 0.15) is 27.2 Å². The van der Waals surface area contributed by atoms with Crippen molar-refractivity contribution >= 4 is 22.5 Å². The molecule has 5 heteroatoms. The molecule has 0 aliphatic carbocycles. The highest BCUT2D eigenvalue weighted by Crippen LogP contribution is 2.32. The van der Waals surface area contributed by atoms with Gasteiger partial charge in [-0.05, 0) is 42.5 Å². The molecule has 136 valence electrons. The highest BCUT2D eigenvalue weighted by Gasteiger charge is 2.12. The van der Waals surface area contributed by atoms with Crippen LogP contribution in [-0.4, -0.2) is 16.6 Å². The fraction of sp³-hybridized carbons (Fsp3) is 0.333. The molecule has 1 aromatic carbocycles. The number of aromatic nitrogens is 2. The summed E-state index contributed by atoms with van der Waals surface area (Å²) < 4.78 is 19.3. The summed E-state index contributed by atoms with van der Waals surface area (Å²) in [5, 5.41) is 1.34. The number of hydrogen-bond donors (Lipinski definition) is 0. The summed E-state index contributed by atoms with van der Waals surface area (Å²) >= 11 is 6.40. The van der Waals surface area contributed by atoms with E-state index in [9.17, 15) is 4.39 Å². The largest absolute Gasteiger partial charge is 0.490 e. The number of hydrogen-bond acceptors (Lipinski definition) is 3. The lowest BCUT2D eigenvalue weighted by atomic mass is 10.00. The molecule has 26 heavy (non-hydrogen) atoms. The van der Waals surface area contributed by atoms with Gasteiger partial charge in [0.25, 0.3) is 0 Å². The van der Waals surface area contributed by atoms with Gasteiger partial charge in [0.15, 0.2) is 5.75 Å². The number of ether oxygens (including phenoxy) is 1. The van der Waals surface area contributed by atoms with E-state index in [4.69, 9.17) is 16.3 Å². The molecule has 0 amide bonds. The van der Waals surface area contributed by atoms with Crippen LogP contribution in [-0.2, 0) is 0 Å². The van der Waals surface area contributed by atoms with E-state index in [1.807, 2.05) is 6.07 Å². The second kappa shape index (κ2) is 8.00. The lowest BCUT2D eigenvalue weighted by molar-refractivity contribution is 0.238. The molecule has 0 aliphatic heterocycles. The number of halogens is 2. The van der Waals surface area contributed by atoms with Crippen molar-refractivity contribution < 1.29 is 9.13 Å². The van der Waals surface area contributed by atoms with Crippen LogP contribution >= 0.6 is 11.6 Å². The quantitative estimate of drug-likeness (QED) is 0.520. The Bertz CT molecular complexity index is 914. The van der Waals surface area contributed by atoms with Crippen LogP contribution in [0.15, 0.2) is 42.7 Å². The Morgan fingerprint density at radius 3 is 2.65 bits per heavy atom. The first kappa shape index (κ1) is 18.6. The fourth-order valence-electron chi connectivity index (χ4n) is 3.12. The van der Waals surface area contributed by atoms with Crippen LogP contribution in [0.5, 0.6) is 5.75 Å². The van der Waals surface area contributed by atoms with Gasteiger partial charge in [-0.1, -0.05) is 32.4 Å². The van der Waals surface area contributed by atoms with E-state index in [1.165, 1.54) is 12.1 Å². The van der Waals surface area contributed by atoms with Crippen LogP contribution in [0.3, 0.4) is 0 Å². The molecule has 3 rings (SSSR count). The summed E-state index contributed by atoms with van der Waals surface area (Å²) in [7, 11) is 0. The van der Waals surface area contributed by atoms with Crippen molar-refractivity contribution in [3.05, 3.63) is 53.6 Å². The molecule has 1 atom stereocenters. The molecule has 0 bridgehead atoms. The fourth-order valence-corrected chi connectivity index (χ4v) is 3.33. The molecular weight excluding hydrogens is 351 g/mol. The molecule has 2 heterocycles. The van der Waals surface area contributed by atoms with Gasteiger partial charge >= 0.3 is 0 Å². The maximum Gasteiger partial charge on any atom is 0.156 e. The summed E-state index contributed by atoms with van der Waals surface area (Å²) in [5.74, 6) is 1.35. The lowest BCUT2D eigenvalue weighted by Crippen LogP contribution is -2.11. The van der Waals surface area contributed by atoms with Crippen molar-refractivity contribution in [2.24, 2.45) is 11.8 Å². The molecule has 3 nitrogen and oxygen atoms in total. The first-order valence-corrected chi connectivity index (χ1v) is 9.15. The van der Waals surface area contributed by atoms with Crippen molar-refractivity contribution in [2.75, 3.05) is 6.61 Å². The normalized spacial score (nSPS) is 12.5. The Kier molecular flexibility index (Phi) is 5.72. The predicted octanol–water partition coefficient (Wildman–Crippen LogP) is 6.15. The highest BCUT2D eigenvalue weighted by atomic mass is 35.5. The average molecular weight is 373 g/mol. The van der Waals surface area contributed by atoms with Crippen LogP contribution in [0, 0.1) is 17.7 Å². The average Bonchev–Trinajstić information content (AvgIpc) is 2.59. The molecule has 0 saturated carbocycles. The second-order valence-corrected chi connectivity index (χ2v) is 7.47. The van der Waals surface area contributed by atoms with Gasteiger partial charge in [-0.25, -0.2) is 4.39 Å². The highest BCUT2D eigenvalue weighted by molar-refractivity contribution is 6.32. The van der Waals surface area contributed by atoms with Gasteiger partial charge in [0.1, 0.15) is 5.82 Å². The number of rotatable bonds is 6. The van der Waals surface area contributed by atoms with Gasteiger partial charge in [-0.2, -0.15) is 0 Å². The minimum absolute atomic E-state index is 0.313. The van der Waals surface area contributed by atoms with Crippen LogP contribution in [0.2, 0.25) is 5.02 Å². The van der Waals surface area contributed by atoms with Crippen molar-refractivity contribution in [1.29, 1.82) is 0 Å². The summed E-state index contributed by atoms with van der Waals surface area (Å²) in [6, 6.07) is 8.17. The van der Waals surface area contributed by atoms with Gasteiger partial charge in [0, 0.05) is 23.2 Å². The van der Waals surface area contributed by atoms with Gasteiger partial charge < -0.3 is 4.74 Å². The van der Waals surface area contributed by atoms with Crippen molar-refractivity contribution in [1.82, 2.24) is 9.97 Å². The molecule has 3 aromatic rings. The molecule has 0 spiro atoms. The monoisotopic (exact) mass is 372 g/mol. The second-order valence-electron chi connectivity index (χ2n) is 7.07. The third kappa shape index (κ3) is 4.31. The minimum atomic E-state index is -0.313. The molecule has 1 unspecified atom stereocenters. The van der Waals surface area contributed by atoms with Crippen LogP contribution < -0.4 is 4.74 Å². The van der Waals surface area contributed by atoms with E-state index in [-0.39, 0.29) is 5.82 Å². The van der Waals surface area contributed by atoms with Crippen LogP contribution in [0.25, 0.3) is 22.2 Å². The summed E-state index contributed by atoms with van der Waals surface area (Å²) in [4.78, 5) is 8.71. The molecule has 0 N–H and O–H groups in total. The Hall–Kier alpha value is -2.20. The lowest BCUT2D eigenvalue weighted by Gasteiger charge is -2.16. The molecule has 2 aromatic heterocycles. The summed E-state index contributed by atoms with van der Waals surface area (Å²) in [5.41, 5.74) is 2.15. The summed E-state index contributed by atoms with van der Waals surface area (Å²) in [6.07, 6.45) is 4.39. The smallest absolute Gasteiger partial charge is 0.156 e. The topological polar surface area (TPSA) is 35.0 Å². The summed E-state index contributed by atoms with van der Waals surface area (Å²) in [6.45, 7) is 7.17. The molecule has 0 saturated heterocycles. The number of fused-ring (bicyclic) bond motifs is 1. The van der Waals surface area contributed by atoms with Crippen molar-refractivity contribution in [3.63, 3.8) is 0 Å². The van der Waals surface area contributed by atoms with Gasteiger partial charge in [0.05, 0.1) is 29.0 Å². The maximum absolute atomic E-state index is 13.4. The van der Waals surface area contributed by atoms with E-state index in [0.29, 0.717) is 40.4 Å². The zero-order chi connectivity index (χ0) is 18.7. The molecular formula is C21H22ClFN2O. The van der Waals surface area contributed by atoms with E-state index >= 15 is 0 Å². The number of benzene rings is 1. The van der Waals surface area contributed by atoms with E-state index in [1.54, 1.807) is 24.5 Å². The molecule has 0 fully saturated rings. The van der Waals surface area contributed by atoms with Crippen molar-refractivity contribution in [2.45, 2.75) is 27.2 Å². The number of pyridine rings is 2. The van der Waals surface area contributed by atoms with E-state index in [2.05, 4.69) is 30.7 Å². The first-order valence-electron chi connectivity index (χ1n) is 8.77. The minimum Gasteiger partial charge on any atom is -0.490 e. The first-order chi connectivity index (χ1) is 12.4. The Morgan fingerprint density at radius 2 is 1.92 bits per heavy atom. The van der Waals surface area contributed by atoms with E-state index < -0.39 is 0 Å². The van der Waals surface area contributed by atoms with Gasteiger partial charge in [0.2, 0.25) is 0 Å². The van der Waals surface area contributed by atoms with Crippen molar-refractivity contribution in [3.8, 4) is 17.0 Å². The Morgan fingerprint density at radius 1 is 1.12 bits per heavy atom. The third-order valence-corrected chi connectivity index (χ3v) is 4.49.